The summed E-state index contributed by atoms with van der Waals surface area (Å²) in [5, 5.41) is 9.86. The average Bonchev–Trinajstić information content (AvgIpc) is 2.65. The van der Waals surface area contributed by atoms with Gasteiger partial charge < -0.3 is 24.1 Å². The Hall–Kier alpha value is -3.15. The maximum absolute atomic E-state index is 12.7. The normalized spacial score (nSPS) is 10.1. The topological polar surface area (TPSA) is 74.2 Å². The van der Waals surface area contributed by atoms with Crippen molar-refractivity contribution in [2.45, 2.75) is 0 Å². The molecule has 0 spiro atoms. The van der Waals surface area contributed by atoms with Crippen LogP contribution in [-0.2, 0) is 0 Å². The van der Waals surface area contributed by atoms with Crippen LogP contribution in [0.25, 0.3) is 5.57 Å². The van der Waals surface area contributed by atoms with Gasteiger partial charge in [-0.25, -0.2) is 0 Å². The van der Waals surface area contributed by atoms with Crippen molar-refractivity contribution < 1.29 is 28.8 Å². The zero-order chi connectivity index (χ0) is 18.6. The highest BCUT2D eigenvalue weighted by molar-refractivity contribution is 6.28. The summed E-state index contributed by atoms with van der Waals surface area (Å²) in [5.74, 6) is 1.09. The Morgan fingerprint density at radius 1 is 0.840 bits per heavy atom. The van der Waals surface area contributed by atoms with Gasteiger partial charge in [-0.15, -0.1) is 0 Å². The van der Waals surface area contributed by atoms with Crippen molar-refractivity contribution in [1.29, 1.82) is 0 Å². The Kier molecular flexibility index (Phi) is 5.54. The number of benzene rings is 2. The van der Waals surface area contributed by atoms with Gasteiger partial charge in [0.1, 0.15) is 0 Å². The quantitative estimate of drug-likeness (QED) is 0.613. The second-order valence-electron chi connectivity index (χ2n) is 5.11. The van der Waals surface area contributed by atoms with Gasteiger partial charge in [0.15, 0.2) is 28.8 Å². The number of Topliss-reactive ketones (excluding diaryl/α,β-unsaturated/α-hetero) is 1. The number of ketones is 1. The molecule has 1 N–H and O–H groups in total. The highest BCUT2D eigenvalue weighted by atomic mass is 16.5. The lowest BCUT2D eigenvalue weighted by molar-refractivity contribution is 0.105. The smallest absolute Gasteiger partial charge is 0.203 e. The monoisotopic (exact) mass is 344 g/mol. The average molecular weight is 344 g/mol. The molecule has 25 heavy (non-hydrogen) atoms. The second kappa shape index (κ2) is 7.61. The number of hydrogen-bond acceptors (Lipinski definition) is 6. The fourth-order valence-corrected chi connectivity index (χ4v) is 2.39. The Morgan fingerprint density at radius 3 is 1.84 bits per heavy atom. The highest BCUT2D eigenvalue weighted by Crippen LogP contribution is 2.40. The molecule has 0 bridgehead atoms. The Balaban J connectivity index is 2.43. The van der Waals surface area contributed by atoms with E-state index in [1.54, 1.807) is 18.2 Å². The van der Waals surface area contributed by atoms with Gasteiger partial charge in [0.25, 0.3) is 0 Å². The number of rotatable bonds is 7. The summed E-state index contributed by atoms with van der Waals surface area (Å²) in [7, 11) is 5.92. The number of ether oxygens (including phenoxy) is 4. The fraction of sp³-hybridized carbons (Fsp3) is 0.211. The molecule has 0 radical (unpaired) electrons. The lowest BCUT2D eigenvalue weighted by atomic mass is 9.97. The van der Waals surface area contributed by atoms with E-state index in [1.807, 2.05) is 0 Å². The zero-order valence-corrected chi connectivity index (χ0v) is 14.6. The molecule has 2 aromatic carbocycles. The zero-order valence-electron chi connectivity index (χ0n) is 14.6. The largest absolute Gasteiger partial charge is 0.504 e. The van der Waals surface area contributed by atoms with Crippen molar-refractivity contribution in [2.24, 2.45) is 0 Å². The molecule has 0 fully saturated rings. The maximum atomic E-state index is 12.7. The summed E-state index contributed by atoms with van der Waals surface area (Å²) in [5.41, 5.74) is 1.04. The fourth-order valence-electron chi connectivity index (χ4n) is 2.39. The third kappa shape index (κ3) is 3.52. The minimum absolute atomic E-state index is 0.119. The van der Waals surface area contributed by atoms with Crippen LogP contribution in [0.4, 0.5) is 0 Å². The number of carbonyl (C=O) groups excluding carboxylic acids is 1. The van der Waals surface area contributed by atoms with Crippen molar-refractivity contribution in [3.05, 3.63) is 48.0 Å². The molecule has 6 nitrogen and oxygen atoms in total. The molecule has 0 heterocycles. The van der Waals surface area contributed by atoms with Crippen LogP contribution in [-0.4, -0.2) is 39.3 Å². The van der Waals surface area contributed by atoms with Gasteiger partial charge in [-0.1, -0.05) is 6.58 Å². The Bertz CT molecular complexity index is 785. The first-order valence-electron chi connectivity index (χ1n) is 7.37. The molecule has 132 valence electrons. The molecule has 0 amide bonds. The SMILES string of the molecule is C=C(C(=O)c1ccc(OC)c(O)c1)c1cc(OC)c(OC)c(OC)c1. The van der Waals surface area contributed by atoms with Crippen LogP contribution < -0.4 is 18.9 Å². The molecule has 0 aliphatic heterocycles. The highest BCUT2D eigenvalue weighted by Gasteiger charge is 2.19. The minimum Gasteiger partial charge on any atom is -0.504 e. The van der Waals surface area contributed by atoms with Gasteiger partial charge in [-0.2, -0.15) is 0 Å². The summed E-state index contributed by atoms with van der Waals surface area (Å²) in [6.45, 7) is 3.87. The standard InChI is InChI=1S/C19H20O6/c1-11(18(21)12-6-7-15(22-2)14(20)8-12)13-9-16(23-3)19(25-5)17(10-13)24-4/h6-10,20H,1H2,2-5H3. The van der Waals surface area contributed by atoms with Crippen molar-refractivity contribution >= 4 is 11.4 Å². The van der Waals surface area contributed by atoms with Crippen molar-refractivity contribution in [3.8, 4) is 28.7 Å². The van der Waals surface area contributed by atoms with Gasteiger partial charge >= 0.3 is 0 Å². The van der Waals surface area contributed by atoms with Crippen molar-refractivity contribution in [3.63, 3.8) is 0 Å². The van der Waals surface area contributed by atoms with E-state index in [-0.39, 0.29) is 28.4 Å². The van der Waals surface area contributed by atoms with E-state index >= 15 is 0 Å². The number of aromatic hydroxyl groups is 1. The molecule has 0 atom stereocenters. The maximum Gasteiger partial charge on any atom is 0.203 e. The molecule has 0 saturated carbocycles. The molecular weight excluding hydrogens is 324 g/mol. The number of allylic oxidation sites excluding steroid dienone is 1. The summed E-state index contributed by atoms with van der Waals surface area (Å²) < 4.78 is 20.8. The first-order valence-corrected chi connectivity index (χ1v) is 7.37. The van der Waals surface area contributed by atoms with Crippen LogP contribution in [0.1, 0.15) is 15.9 Å². The lowest BCUT2D eigenvalue weighted by Crippen LogP contribution is -2.04. The van der Waals surface area contributed by atoms with E-state index in [0.717, 1.165) is 0 Å². The molecule has 0 saturated heterocycles. The molecule has 6 heteroatoms. The summed E-state index contributed by atoms with van der Waals surface area (Å²) in [4.78, 5) is 12.7. The van der Waals surface area contributed by atoms with Crippen LogP contribution >= 0.6 is 0 Å². The third-order valence-corrected chi connectivity index (χ3v) is 3.73. The summed E-state index contributed by atoms with van der Waals surface area (Å²) >= 11 is 0. The number of methoxy groups -OCH3 is 4. The molecule has 2 aromatic rings. The van der Waals surface area contributed by atoms with E-state index in [0.29, 0.717) is 22.8 Å². The third-order valence-electron chi connectivity index (χ3n) is 3.73. The molecule has 0 aliphatic rings. The van der Waals surface area contributed by atoms with Gasteiger partial charge in [0.2, 0.25) is 5.75 Å². The van der Waals surface area contributed by atoms with Crippen LogP contribution in [0.2, 0.25) is 0 Å². The first-order chi connectivity index (χ1) is 12.0. The number of phenolic OH excluding ortho intramolecular Hbond substituents is 1. The number of hydrogen-bond donors (Lipinski definition) is 1. The summed E-state index contributed by atoms with van der Waals surface area (Å²) in [6, 6.07) is 7.70. The molecule has 0 aromatic heterocycles. The predicted octanol–water partition coefficient (Wildman–Crippen LogP) is 3.32. The Labute approximate surface area is 146 Å². The van der Waals surface area contributed by atoms with E-state index in [9.17, 15) is 9.90 Å². The van der Waals surface area contributed by atoms with Gasteiger partial charge in [0.05, 0.1) is 28.4 Å². The molecule has 0 unspecified atom stereocenters. The van der Waals surface area contributed by atoms with E-state index in [2.05, 4.69) is 6.58 Å². The minimum atomic E-state index is -0.341. The van der Waals surface area contributed by atoms with Crippen LogP contribution in [0.5, 0.6) is 28.7 Å². The first kappa shape index (κ1) is 18.2. The number of carbonyl (C=O) groups is 1. The van der Waals surface area contributed by atoms with Crippen LogP contribution in [0.3, 0.4) is 0 Å². The van der Waals surface area contributed by atoms with Gasteiger partial charge in [0, 0.05) is 11.1 Å². The van der Waals surface area contributed by atoms with E-state index < -0.39 is 0 Å². The second-order valence-corrected chi connectivity index (χ2v) is 5.11. The predicted molar refractivity (Wildman–Crippen MR) is 94.1 cm³/mol. The molecule has 0 aliphatic carbocycles. The Morgan fingerprint density at radius 2 is 1.40 bits per heavy atom. The van der Waals surface area contributed by atoms with Gasteiger partial charge in [-0.3, -0.25) is 4.79 Å². The summed E-state index contributed by atoms with van der Waals surface area (Å²) in [6.07, 6.45) is 0. The van der Waals surface area contributed by atoms with E-state index in [4.69, 9.17) is 18.9 Å². The van der Waals surface area contributed by atoms with Crippen LogP contribution in [0.15, 0.2) is 36.9 Å². The van der Waals surface area contributed by atoms with E-state index in [1.165, 1.54) is 40.6 Å². The molecule has 2 rings (SSSR count). The van der Waals surface area contributed by atoms with Crippen LogP contribution in [0, 0.1) is 0 Å². The van der Waals surface area contributed by atoms with Crippen molar-refractivity contribution in [2.75, 3.05) is 28.4 Å². The molecular formula is C19H20O6. The van der Waals surface area contributed by atoms with Gasteiger partial charge in [-0.05, 0) is 35.9 Å². The number of phenols is 1. The lowest BCUT2D eigenvalue weighted by Gasteiger charge is -2.15. The van der Waals surface area contributed by atoms with Crippen molar-refractivity contribution in [1.82, 2.24) is 0 Å².